The molecule has 3 fully saturated rings. The standard InChI is InChI=1S/C15H24F3N3O.2ClH/c16-15(17,18)8-21-4-3-9(7-21)6-20-14(22)12-10-1-2-11(5-10)13(12)19;;/h9-13H,1-8,19H2,(H,20,22);2*1H. The predicted octanol–water partition coefficient (Wildman–Crippen LogP) is 2.20. The fourth-order valence-corrected chi connectivity index (χ4v) is 4.56. The van der Waals surface area contributed by atoms with E-state index in [0.29, 0.717) is 37.9 Å². The van der Waals surface area contributed by atoms with Crippen molar-refractivity contribution in [3.63, 3.8) is 0 Å². The van der Waals surface area contributed by atoms with Gasteiger partial charge in [-0.1, -0.05) is 0 Å². The van der Waals surface area contributed by atoms with Gasteiger partial charge in [-0.2, -0.15) is 13.2 Å². The quantitative estimate of drug-likeness (QED) is 0.772. The molecule has 3 N–H and O–H groups in total. The summed E-state index contributed by atoms with van der Waals surface area (Å²) < 4.78 is 37.1. The highest BCUT2D eigenvalue weighted by atomic mass is 35.5. The van der Waals surface area contributed by atoms with Crippen LogP contribution in [0.3, 0.4) is 0 Å². The van der Waals surface area contributed by atoms with Crippen molar-refractivity contribution in [2.75, 3.05) is 26.2 Å². The minimum absolute atomic E-state index is 0. The Bertz CT molecular complexity index is 437. The topological polar surface area (TPSA) is 58.4 Å². The van der Waals surface area contributed by atoms with Crippen LogP contribution in [0.2, 0.25) is 0 Å². The second-order valence-electron chi connectivity index (χ2n) is 7.19. The molecule has 1 heterocycles. The largest absolute Gasteiger partial charge is 0.401 e. The van der Waals surface area contributed by atoms with Crippen LogP contribution >= 0.6 is 24.8 Å². The van der Waals surface area contributed by atoms with Gasteiger partial charge in [-0.05, 0) is 50.0 Å². The Kier molecular flexibility index (Phi) is 7.66. The van der Waals surface area contributed by atoms with E-state index in [0.717, 1.165) is 19.3 Å². The zero-order chi connectivity index (χ0) is 15.9. The molecule has 24 heavy (non-hydrogen) atoms. The zero-order valence-corrected chi connectivity index (χ0v) is 15.1. The molecule has 142 valence electrons. The normalized spacial score (nSPS) is 35.4. The lowest BCUT2D eigenvalue weighted by atomic mass is 9.84. The van der Waals surface area contributed by atoms with Crippen molar-refractivity contribution in [1.29, 1.82) is 0 Å². The second kappa shape index (κ2) is 8.43. The summed E-state index contributed by atoms with van der Waals surface area (Å²) in [7, 11) is 0. The van der Waals surface area contributed by atoms with Crippen molar-refractivity contribution >= 4 is 30.7 Å². The predicted molar refractivity (Wildman–Crippen MR) is 90.4 cm³/mol. The van der Waals surface area contributed by atoms with Crippen LogP contribution in [0.15, 0.2) is 0 Å². The van der Waals surface area contributed by atoms with Crippen molar-refractivity contribution in [2.45, 2.75) is 37.9 Å². The van der Waals surface area contributed by atoms with Crippen molar-refractivity contribution in [1.82, 2.24) is 10.2 Å². The summed E-state index contributed by atoms with van der Waals surface area (Å²) in [4.78, 5) is 13.7. The van der Waals surface area contributed by atoms with Crippen molar-refractivity contribution in [3.05, 3.63) is 0 Å². The molecule has 2 saturated carbocycles. The van der Waals surface area contributed by atoms with Gasteiger partial charge >= 0.3 is 6.18 Å². The van der Waals surface area contributed by atoms with Gasteiger partial charge in [0.25, 0.3) is 0 Å². The molecule has 2 aliphatic carbocycles. The molecule has 1 amide bonds. The lowest BCUT2D eigenvalue weighted by Crippen LogP contribution is -2.46. The smallest absolute Gasteiger partial charge is 0.355 e. The number of nitrogens with one attached hydrogen (secondary N) is 1. The maximum atomic E-state index is 12.4. The van der Waals surface area contributed by atoms with Crippen LogP contribution < -0.4 is 11.1 Å². The number of amides is 1. The fraction of sp³-hybridized carbons (Fsp3) is 0.933. The molecular formula is C15H26Cl2F3N3O. The third-order valence-electron chi connectivity index (χ3n) is 5.62. The second-order valence-corrected chi connectivity index (χ2v) is 7.19. The minimum Gasteiger partial charge on any atom is -0.355 e. The van der Waals surface area contributed by atoms with Gasteiger partial charge in [-0.25, -0.2) is 0 Å². The number of hydrogen-bond donors (Lipinski definition) is 2. The van der Waals surface area contributed by atoms with E-state index >= 15 is 0 Å². The first kappa shape index (κ1) is 21.8. The molecule has 3 rings (SSSR count). The molecule has 0 spiro atoms. The number of fused-ring (bicyclic) bond motifs is 2. The Hall–Kier alpha value is -0.240. The van der Waals surface area contributed by atoms with Crippen LogP contribution in [-0.4, -0.2) is 49.2 Å². The molecule has 5 atom stereocenters. The van der Waals surface area contributed by atoms with Crippen LogP contribution in [0.5, 0.6) is 0 Å². The number of hydrogen-bond acceptors (Lipinski definition) is 3. The summed E-state index contributed by atoms with van der Waals surface area (Å²) in [5.41, 5.74) is 6.15. The lowest BCUT2D eigenvalue weighted by molar-refractivity contribution is -0.143. The van der Waals surface area contributed by atoms with E-state index in [1.807, 2.05) is 0 Å². The van der Waals surface area contributed by atoms with Crippen molar-refractivity contribution in [2.24, 2.45) is 29.4 Å². The first-order chi connectivity index (χ1) is 10.3. The minimum atomic E-state index is -4.14. The van der Waals surface area contributed by atoms with E-state index in [4.69, 9.17) is 5.73 Å². The van der Waals surface area contributed by atoms with E-state index < -0.39 is 12.7 Å². The molecule has 4 nitrogen and oxygen atoms in total. The number of nitrogens with zero attached hydrogens (tertiary/aromatic N) is 1. The summed E-state index contributed by atoms with van der Waals surface area (Å²) >= 11 is 0. The molecule has 5 unspecified atom stereocenters. The molecule has 9 heteroatoms. The Morgan fingerprint density at radius 1 is 1.17 bits per heavy atom. The van der Waals surface area contributed by atoms with E-state index in [2.05, 4.69) is 5.32 Å². The van der Waals surface area contributed by atoms with E-state index in [-0.39, 0.29) is 48.6 Å². The van der Waals surface area contributed by atoms with E-state index in [9.17, 15) is 18.0 Å². The number of rotatable bonds is 4. The van der Waals surface area contributed by atoms with Crippen LogP contribution in [0.4, 0.5) is 13.2 Å². The Labute approximate surface area is 152 Å². The first-order valence-corrected chi connectivity index (χ1v) is 8.16. The van der Waals surface area contributed by atoms with Gasteiger partial charge in [0.15, 0.2) is 0 Å². The molecular weight excluding hydrogens is 366 g/mol. The summed E-state index contributed by atoms with van der Waals surface area (Å²) in [6.07, 6.45) is -0.168. The van der Waals surface area contributed by atoms with Gasteiger partial charge in [0.05, 0.1) is 12.5 Å². The summed E-state index contributed by atoms with van der Waals surface area (Å²) in [5.74, 6) is 0.918. The number of nitrogens with two attached hydrogens (primary N) is 1. The van der Waals surface area contributed by atoms with Gasteiger partial charge in [0.2, 0.25) is 5.91 Å². The third kappa shape index (κ3) is 4.90. The number of carbonyl (C=O) groups is 1. The molecule has 1 saturated heterocycles. The van der Waals surface area contributed by atoms with Gasteiger partial charge in [-0.15, -0.1) is 24.8 Å². The Morgan fingerprint density at radius 3 is 2.42 bits per heavy atom. The van der Waals surface area contributed by atoms with Crippen LogP contribution in [0, 0.1) is 23.7 Å². The molecule has 1 aliphatic heterocycles. The fourth-order valence-electron chi connectivity index (χ4n) is 4.56. The monoisotopic (exact) mass is 391 g/mol. The van der Waals surface area contributed by atoms with Crippen LogP contribution in [-0.2, 0) is 4.79 Å². The molecule has 3 aliphatic rings. The van der Waals surface area contributed by atoms with Crippen molar-refractivity contribution < 1.29 is 18.0 Å². The highest BCUT2D eigenvalue weighted by Crippen LogP contribution is 2.47. The maximum absolute atomic E-state index is 12.4. The van der Waals surface area contributed by atoms with Gasteiger partial charge in [-0.3, -0.25) is 9.69 Å². The zero-order valence-electron chi connectivity index (χ0n) is 13.4. The summed E-state index contributed by atoms with van der Waals surface area (Å²) in [5, 5.41) is 2.94. The number of halogens is 5. The Balaban J connectivity index is 0.00000144. The SMILES string of the molecule is Cl.Cl.NC1C2CCC(C2)C1C(=O)NCC1CCN(CC(F)(F)F)C1. The summed E-state index contributed by atoms with van der Waals surface area (Å²) in [6, 6.07) is -0.0379. The highest BCUT2D eigenvalue weighted by Gasteiger charge is 2.49. The third-order valence-corrected chi connectivity index (χ3v) is 5.62. The average molecular weight is 392 g/mol. The van der Waals surface area contributed by atoms with Crippen LogP contribution in [0.25, 0.3) is 0 Å². The highest BCUT2D eigenvalue weighted by molar-refractivity contribution is 5.85. The number of alkyl halides is 3. The first-order valence-electron chi connectivity index (χ1n) is 8.16. The van der Waals surface area contributed by atoms with Crippen LogP contribution in [0.1, 0.15) is 25.7 Å². The van der Waals surface area contributed by atoms with Gasteiger partial charge in [0, 0.05) is 19.1 Å². The Morgan fingerprint density at radius 2 is 1.83 bits per heavy atom. The number of carbonyl (C=O) groups excluding carboxylic acids is 1. The molecule has 0 aromatic rings. The molecule has 0 radical (unpaired) electrons. The van der Waals surface area contributed by atoms with Gasteiger partial charge < -0.3 is 11.1 Å². The lowest BCUT2D eigenvalue weighted by Gasteiger charge is -2.27. The van der Waals surface area contributed by atoms with E-state index in [1.54, 1.807) is 0 Å². The van der Waals surface area contributed by atoms with Gasteiger partial charge in [0.1, 0.15) is 0 Å². The average Bonchev–Trinajstić information content (AvgIpc) is 3.10. The number of likely N-dealkylation sites (tertiary alicyclic amines) is 1. The summed E-state index contributed by atoms with van der Waals surface area (Å²) in [6.45, 7) is 0.471. The van der Waals surface area contributed by atoms with E-state index in [1.165, 1.54) is 4.90 Å². The van der Waals surface area contributed by atoms with Crippen molar-refractivity contribution in [3.8, 4) is 0 Å². The molecule has 0 aromatic carbocycles. The molecule has 0 aromatic heterocycles. The molecule has 2 bridgehead atoms. The maximum Gasteiger partial charge on any atom is 0.401 e.